The zero-order valence-corrected chi connectivity index (χ0v) is 12.1. The van der Waals surface area contributed by atoms with Crippen LogP contribution in [0.2, 0.25) is 0 Å². The van der Waals surface area contributed by atoms with Crippen LogP contribution < -0.4 is 5.32 Å². The van der Waals surface area contributed by atoms with E-state index >= 15 is 0 Å². The van der Waals surface area contributed by atoms with Gasteiger partial charge >= 0.3 is 5.97 Å². The van der Waals surface area contributed by atoms with Crippen molar-refractivity contribution in [3.63, 3.8) is 0 Å². The second kappa shape index (κ2) is 5.86. The summed E-state index contributed by atoms with van der Waals surface area (Å²) >= 11 is 0. The SMILES string of the molecule is Cc1ccnc2nc(C(=O)NC(CC(C)C)C(=O)O)nn12. The van der Waals surface area contributed by atoms with Crippen LogP contribution in [0.5, 0.6) is 0 Å². The molecule has 1 amide bonds. The van der Waals surface area contributed by atoms with Gasteiger partial charge in [0.15, 0.2) is 0 Å². The predicted molar refractivity (Wildman–Crippen MR) is 73.9 cm³/mol. The largest absolute Gasteiger partial charge is 0.480 e. The molecule has 2 N–H and O–H groups in total. The fraction of sp³-hybridized carbons (Fsp3) is 0.462. The molecule has 0 aliphatic carbocycles. The first-order chi connectivity index (χ1) is 9.88. The Balaban J connectivity index is 2.21. The first-order valence-electron chi connectivity index (χ1n) is 6.60. The number of nitrogens with one attached hydrogen (secondary N) is 1. The highest BCUT2D eigenvalue weighted by Crippen LogP contribution is 2.07. The average Bonchev–Trinajstić information content (AvgIpc) is 2.82. The van der Waals surface area contributed by atoms with E-state index in [2.05, 4.69) is 20.4 Å². The van der Waals surface area contributed by atoms with Crippen LogP contribution in [0.1, 0.15) is 36.6 Å². The minimum Gasteiger partial charge on any atom is -0.480 e. The Hall–Kier alpha value is -2.51. The molecule has 0 aromatic carbocycles. The maximum absolute atomic E-state index is 12.1. The van der Waals surface area contributed by atoms with Crippen molar-refractivity contribution in [3.8, 4) is 0 Å². The van der Waals surface area contributed by atoms with Crippen molar-refractivity contribution >= 4 is 17.7 Å². The van der Waals surface area contributed by atoms with Crippen LogP contribution in [0, 0.1) is 12.8 Å². The molecule has 0 saturated carbocycles. The zero-order valence-electron chi connectivity index (χ0n) is 12.1. The number of amides is 1. The number of carboxylic acid groups (broad SMARTS) is 1. The third-order valence-corrected chi connectivity index (χ3v) is 2.94. The highest BCUT2D eigenvalue weighted by atomic mass is 16.4. The zero-order chi connectivity index (χ0) is 15.6. The Morgan fingerprint density at radius 2 is 2.14 bits per heavy atom. The topological polar surface area (TPSA) is 109 Å². The van der Waals surface area contributed by atoms with Gasteiger partial charge in [0.05, 0.1) is 0 Å². The molecule has 1 unspecified atom stereocenters. The number of carbonyl (C=O) groups is 2. The Labute approximate surface area is 121 Å². The van der Waals surface area contributed by atoms with Crippen molar-refractivity contribution in [1.82, 2.24) is 24.9 Å². The summed E-state index contributed by atoms with van der Waals surface area (Å²) in [5.41, 5.74) is 0.781. The van der Waals surface area contributed by atoms with E-state index in [4.69, 9.17) is 5.11 Å². The number of rotatable bonds is 5. The summed E-state index contributed by atoms with van der Waals surface area (Å²) in [6, 6.07) is 0.778. The fourth-order valence-electron chi connectivity index (χ4n) is 1.92. The summed E-state index contributed by atoms with van der Waals surface area (Å²) in [5, 5.41) is 15.6. The van der Waals surface area contributed by atoms with E-state index in [0.717, 1.165) is 5.69 Å². The van der Waals surface area contributed by atoms with E-state index in [1.54, 1.807) is 12.3 Å². The first-order valence-corrected chi connectivity index (χ1v) is 6.60. The number of hydrogen-bond donors (Lipinski definition) is 2. The number of aliphatic carboxylic acids is 1. The van der Waals surface area contributed by atoms with Crippen LogP contribution in [0.15, 0.2) is 12.3 Å². The van der Waals surface area contributed by atoms with Crippen molar-refractivity contribution in [2.75, 3.05) is 0 Å². The number of carboxylic acids is 1. The molecule has 0 fully saturated rings. The van der Waals surface area contributed by atoms with E-state index < -0.39 is 17.9 Å². The molecule has 2 aromatic rings. The van der Waals surface area contributed by atoms with Crippen molar-refractivity contribution in [3.05, 3.63) is 23.8 Å². The standard InChI is InChI=1S/C13H17N5O3/c1-7(2)6-9(12(20)21)15-11(19)10-16-13-14-5-4-8(3)18(13)17-10/h4-5,7,9H,6H2,1-3H3,(H,15,19)(H,20,21). The molecule has 2 heterocycles. The van der Waals surface area contributed by atoms with Gasteiger partial charge in [0.2, 0.25) is 5.82 Å². The molecule has 2 aromatic heterocycles. The Kier molecular flexibility index (Phi) is 4.15. The van der Waals surface area contributed by atoms with E-state index in [0.29, 0.717) is 12.2 Å². The fourth-order valence-corrected chi connectivity index (χ4v) is 1.92. The molecule has 0 aliphatic rings. The van der Waals surface area contributed by atoms with Gasteiger partial charge in [-0.15, -0.1) is 5.10 Å². The highest BCUT2D eigenvalue weighted by molar-refractivity contribution is 5.93. The molecule has 0 saturated heterocycles. The molecule has 8 nitrogen and oxygen atoms in total. The molecule has 0 bridgehead atoms. The van der Waals surface area contributed by atoms with Crippen LogP contribution in [-0.2, 0) is 4.79 Å². The van der Waals surface area contributed by atoms with Gasteiger partial charge in [0.25, 0.3) is 11.7 Å². The van der Waals surface area contributed by atoms with Crippen LogP contribution in [0.25, 0.3) is 5.78 Å². The monoisotopic (exact) mass is 291 g/mol. The van der Waals surface area contributed by atoms with Crippen LogP contribution in [0.4, 0.5) is 0 Å². The van der Waals surface area contributed by atoms with Crippen LogP contribution >= 0.6 is 0 Å². The molecular weight excluding hydrogens is 274 g/mol. The maximum atomic E-state index is 12.1. The van der Waals surface area contributed by atoms with Gasteiger partial charge in [0, 0.05) is 11.9 Å². The Morgan fingerprint density at radius 1 is 1.43 bits per heavy atom. The van der Waals surface area contributed by atoms with Gasteiger partial charge in [-0.25, -0.2) is 14.3 Å². The molecule has 0 radical (unpaired) electrons. The molecule has 1 atom stereocenters. The van der Waals surface area contributed by atoms with Crippen molar-refractivity contribution < 1.29 is 14.7 Å². The number of fused-ring (bicyclic) bond motifs is 1. The van der Waals surface area contributed by atoms with Crippen molar-refractivity contribution in [1.29, 1.82) is 0 Å². The molecule has 0 spiro atoms. The third kappa shape index (κ3) is 3.33. The Morgan fingerprint density at radius 3 is 2.71 bits per heavy atom. The predicted octanol–water partition coefficient (Wildman–Crippen LogP) is 0.662. The molecule has 112 valence electrons. The molecule has 21 heavy (non-hydrogen) atoms. The number of hydrogen-bond acceptors (Lipinski definition) is 5. The summed E-state index contributed by atoms with van der Waals surface area (Å²) in [6.45, 7) is 5.58. The molecular formula is C13H17N5O3. The van der Waals surface area contributed by atoms with Gasteiger partial charge in [-0.05, 0) is 25.3 Å². The lowest BCUT2D eigenvalue weighted by Gasteiger charge is -2.15. The van der Waals surface area contributed by atoms with Crippen molar-refractivity contribution in [2.45, 2.75) is 33.2 Å². The summed E-state index contributed by atoms with van der Waals surface area (Å²) in [6.07, 6.45) is 1.91. The van der Waals surface area contributed by atoms with E-state index in [-0.39, 0.29) is 11.7 Å². The lowest BCUT2D eigenvalue weighted by atomic mass is 10.0. The first kappa shape index (κ1) is 14.9. The average molecular weight is 291 g/mol. The summed E-state index contributed by atoms with van der Waals surface area (Å²) < 4.78 is 1.44. The normalized spacial score (nSPS) is 12.6. The number of aryl methyl sites for hydroxylation is 1. The van der Waals surface area contributed by atoms with Crippen LogP contribution in [-0.4, -0.2) is 42.6 Å². The smallest absolute Gasteiger partial charge is 0.326 e. The molecule has 8 heteroatoms. The highest BCUT2D eigenvalue weighted by Gasteiger charge is 2.24. The third-order valence-electron chi connectivity index (χ3n) is 2.94. The minimum atomic E-state index is -1.07. The van der Waals surface area contributed by atoms with Gasteiger partial charge < -0.3 is 10.4 Å². The summed E-state index contributed by atoms with van der Waals surface area (Å²) in [7, 11) is 0. The second-order valence-corrected chi connectivity index (χ2v) is 5.23. The van der Waals surface area contributed by atoms with Gasteiger partial charge in [-0.1, -0.05) is 13.8 Å². The van der Waals surface area contributed by atoms with Crippen molar-refractivity contribution in [2.24, 2.45) is 5.92 Å². The number of nitrogens with zero attached hydrogens (tertiary/aromatic N) is 4. The molecule has 2 rings (SSSR count). The number of carbonyl (C=O) groups excluding carboxylic acids is 1. The van der Waals surface area contributed by atoms with Crippen LogP contribution in [0.3, 0.4) is 0 Å². The summed E-state index contributed by atoms with van der Waals surface area (Å²) in [5.74, 6) is -1.34. The summed E-state index contributed by atoms with van der Waals surface area (Å²) in [4.78, 5) is 31.2. The van der Waals surface area contributed by atoms with Gasteiger partial charge in [0.1, 0.15) is 6.04 Å². The Bertz CT molecular complexity index is 679. The van der Waals surface area contributed by atoms with E-state index in [1.165, 1.54) is 4.52 Å². The van der Waals surface area contributed by atoms with Gasteiger partial charge in [-0.2, -0.15) is 4.98 Å². The minimum absolute atomic E-state index is 0.0909. The van der Waals surface area contributed by atoms with Gasteiger partial charge in [-0.3, -0.25) is 4.79 Å². The van der Waals surface area contributed by atoms with E-state index in [1.807, 2.05) is 20.8 Å². The second-order valence-electron chi connectivity index (χ2n) is 5.23. The van der Waals surface area contributed by atoms with E-state index in [9.17, 15) is 9.59 Å². The lowest BCUT2D eigenvalue weighted by molar-refractivity contribution is -0.139. The maximum Gasteiger partial charge on any atom is 0.326 e. The molecule has 0 aliphatic heterocycles. The lowest BCUT2D eigenvalue weighted by Crippen LogP contribution is -2.42. The quantitative estimate of drug-likeness (QED) is 0.837. The number of aromatic nitrogens is 4.